The van der Waals surface area contributed by atoms with Gasteiger partial charge in [-0.2, -0.15) is 0 Å². The van der Waals surface area contributed by atoms with Crippen molar-refractivity contribution in [1.82, 2.24) is 9.88 Å². The van der Waals surface area contributed by atoms with Gasteiger partial charge in [0.2, 0.25) is 5.91 Å². The number of thioether (sulfide) groups is 1. The van der Waals surface area contributed by atoms with E-state index < -0.39 is 0 Å². The van der Waals surface area contributed by atoms with Crippen molar-refractivity contribution in [3.05, 3.63) is 23.4 Å². The normalized spacial score (nSPS) is 23.4. The molecule has 1 aromatic rings. The van der Waals surface area contributed by atoms with E-state index in [-0.39, 0.29) is 5.91 Å². The SMILES string of the molecule is CC1CC(C)CN(C(=O)CSc2ncccc2Cl)C1. The molecule has 104 valence electrons. The molecule has 0 spiro atoms. The van der Waals surface area contributed by atoms with E-state index in [1.54, 1.807) is 18.3 Å². The van der Waals surface area contributed by atoms with Crippen LogP contribution >= 0.6 is 23.4 Å². The summed E-state index contributed by atoms with van der Waals surface area (Å²) in [5.41, 5.74) is 0. The highest BCUT2D eigenvalue weighted by Crippen LogP contribution is 2.26. The predicted octanol–water partition coefficient (Wildman–Crippen LogP) is 3.33. The standard InChI is InChI=1S/C14H19ClN2OS/c1-10-6-11(2)8-17(7-10)13(18)9-19-14-12(15)4-3-5-16-14/h3-5,10-11H,6-9H2,1-2H3. The minimum Gasteiger partial charge on any atom is -0.341 e. The zero-order valence-electron chi connectivity index (χ0n) is 11.3. The van der Waals surface area contributed by atoms with Crippen LogP contribution < -0.4 is 0 Å². The average molecular weight is 299 g/mol. The molecule has 1 aliphatic rings. The van der Waals surface area contributed by atoms with Gasteiger partial charge in [0.15, 0.2) is 0 Å². The highest BCUT2D eigenvalue weighted by molar-refractivity contribution is 8.00. The van der Waals surface area contributed by atoms with Gasteiger partial charge in [-0.1, -0.05) is 37.2 Å². The van der Waals surface area contributed by atoms with Gasteiger partial charge in [0.25, 0.3) is 0 Å². The number of likely N-dealkylation sites (tertiary alicyclic amines) is 1. The van der Waals surface area contributed by atoms with Crippen molar-refractivity contribution in [3.8, 4) is 0 Å². The number of carbonyl (C=O) groups is 1. The maximum absolute atomic E-state index is 12.2. The van der Waals surface area contributed by atoms with E-state index in [0.29, 0.717) is 22.6 Å². The highest BCUT2D eigenvalue weighted by Gasteiger charge is 2.25. The molecule has 1 fully saturated rings. The smallest absolute Gasteiger partial charge is 0.233 e. The van der Waals surface area contributed by atoms with Crippen molar-refractivity contribution >= 4 is 29.3 Å². The minimum absolute atomic E-state index is 0.185. The summed E-state index contributed by atoms with van der Waals surface area (Å²) < 4.78 is 0. The number of aromatic nitrogens is 1. The summed E-state index contributed by atoms with van der Waals surface area (Å²) in [7, 11) is 0. The van der Waals surface area contributed by atoms with E-state index in [1.165, 1.54) is 18.2 Å². The second-order valence-corrected chi connectivity index (χ2v) is 6.70. The van der Waals surface area contributed by atoms with E-state index in [1.807, 2.05) is 4.90 Å². The fraction of sp³-hybridized carbons (Fsp3) is 0.571. The van der Waals surface area contributed by atoms with Crippen LogP contribution in [-0.4, -0.2) is 34.6 Å². The number of hydrogen-bond acceptors (Lipinski definition) is 3. The van der Waals surface area contributed by atoms with Crippen molar-refractivity contribution in [1.29, 1.82) is 0 Å². The fourth-order valence-corrected chi connectivity index (χ4v) is 3.63. The second-order valence-electron chi connectivity index (χ2n) is 5.32. The Labute approximate surface area is 123 Å². The summed E-state index contributed by atoms with van der Waals surface area (Å²) in [4.78, 5) is 18.4. The van der Waals surface area contributed by atoms with Crippen LogP contribution in [0.5, 0.6) is 0 Å². The Morgan fingerprint density at radius 3 is 2.79 bits per heavy atom. The van der Waals surface area contributed by atoms with Gasteiger partial charge in [-0.3, -0.25) is 4.79 Å². The quantitative estimate of drug-likeness (QED) is 0.803. The lowest BCUT2D eigenvalue weighted by Crippen LogP contribution is -2.43. The monoisotopic (exact) mass is 298 g/mol. The Morgan fingerprint density at radius 1 is 1.47 bits per heavy atom. The molecule has 1 amide bonds. The molecule has 0 aliphatic carbocycles. The molecule has 2 rings (SSSR count). The fourth-order valence-electron chi connectivity index (χ4n) is 2.57. The van der Waals surface area contributed by atoms with Crippen LogP contribution in [0.2, 0.25) is 5.02 Å². The van der Waals surface area contributed by atoms with E-state index in [2.05, 4.69) is 18.8 Å². The number of halogens is 1. The average Bonchev–Trinajstić information content (AvgIpc) is 2.36. The van der Waals surface area contributed by atoms with Crippen LogP contribution in [0.15, 0.2) is 23.4 Å². The molecule has 0 bridgehead atoms. The molecule has 2 atom stereocenters. The Balaban J connectivity index is 1.89. The lowest BCUT2D eigenvalue weighted by molar-refractivity contribution is -0.130. The van der Waals surface area contributed by atoms with Crippen LogP contribution in [0.1, 0.15) is 20.3 Å². The molecular weight excluding hydrogens is 280 g/mol. The van der Waals surface area contributed by atoms with Crippen LogP contribution in [-0.2, 0) is 4.79 Å². The Hall–Kier alpha value is -0.740. The van der Waals surface area contributed by atoms with E-state index >= 15 is 0 Å². The van der Waals surface area contributed by atoms with Gasteiger partial charge < -0.3 is 4.90 Å². The first-order valence-corrected chi connectivity index (χ1v) is 7.93. The number of piperidine rings is 1. The van der Waals surface area contributed by atoms with Gasteiger partial charge in [0.05, 0.1) is 10.8 Å². The van der Waals surface area contributed by atoms with Crippen molar-refractivity contribution < 1.29 is 4.79 Å². The Morgan fingerprint density at radius 2 is 2.16 bits per heavy atom. The highest BCUT2D eigenvalue weighted by atomic mass is 35.5. The van der Waals surface area contributed by atoms with Gasteiger partial charge in [-0.05, 0) is 30.4 Å². The molecule has 1 saturated heterocycles. The van der Waals surface area contributed by atoms with Gasteiger partial charge in [0.1, 0.15) is 5.03 Å². The van der Waals surface area contributed by atoms with Gasteiger partial charge in [0, 0.05) is 19.3 Å². The van der Waals surface area contributed by atoms with Crippen molar-refractivity contribution in [2.75, 3.05) is 18.8 Å². The topological polar surface area (TPSA) is 33.2 Å². The van der Waals surface area contributed by atoms with Gasteiger partial charge in [-0.15, -0.1) is 0 Å². The summed E-state index contributed by atoms with van der Waals surface area (Å²) >= 11 is 7.45. The first-order chi connectivity index (χ1) is 9.06. The van der Waals surface area contributed by atoms with Gasteiger partial charge in [-0.25, -0.2) is 4.98 Å². The number of rotatable bonds is 3. The van der Waals surface area contributed by atoms with Crippen LogP contribution in [0, 0.1) is 11.8 Å². The molecule has 2 heterocycles. The molecule has 19 heavy (non-hydrogen) atoms. The summed E-state index contributed by atoms with van der Waals surface area (Å²) in [5.74, 6) is 1.79. The molecule has 5 heteroatoms. The number of pyridine rings is 1. The molecule has 2 unspecified atom stereocenters. The number of nitrogens with zero attached hydrogens (tertiary/aromatic N) is 2. The number of carbonyl (C=O) groups excluding carboxylic acids is 1. The maximum Gasteiger partial charge on any atom is 0.233 e. The van der Waals surface area contributed by atoms with Crippen LogP contribution in [0.4, 0.5) is 0 Å². The van der Waals surface area contributed by atoms with Crippen LogP contribution in [0.25, 0.3) is 0 Å². The second kappa shape index (κ2) is 6.62. The summed E-state index contributed by atoms with van der Waals surface area (Å²) in [6.07, 6.45) is 2.91. The molecule has 0 aromatic carbocycles. The third-order valence-electron chi connectivity index (χ3n) is 3.28. The Kier molecular flexibility index (Phi) is 5.11. The summed E-state index contributed by atoms with van der Waals surface area (Å²) in [5, 5.41) is 1.34. The molecule has 0 radical (unpaired) electrons. The lowest BCUT2D eigenvalue weighted by atomic mass is 9.92. The van der Waals surface area contributed by atoms with E-state index in [4.69, 9.17) is 11.6 Å². The van der Waals surface area contributed by atoms with Crippen molar-refractivity contribution in [3.63, 3.8) is 0 Å². The van der Waals surface area contributed by atoms with Crippen molar-refractivity contribution in [2.24, 2.45) is 11.8 Å². The molecule has 1 aliphatic heterocycles. The zero-order valence-corrected chi connectivity index (χ0v) is 12.9. The molecule has 1 aromatic heterocycles. The predicted molar refractivity (Wildman–Crippen MR) is 79.5 cm³/mol. The number of amides is 1. The van der Waals surface area contributed by atoms with E-state index in [9.17, 15) is 4.79 Å². The van der Waals surface area contributed by atoms with Gasteiger partial charge >= 0.3 is 0 Å². The van der Waals surface area contributed by atoms with E-state index in [0.717, 1.165) is 18.1 Å². The van der Waals surface area contributed by atoms with Crippen molar-refractivity contribution in [2.45, 2.75) is 25.3 Å². The maximum atomic E-state index is 12.2. The third-order valence-corrected chi connectivity index (χ3v) is 4.69. The first-order valence-electron chi connectivity index (χ1n) is 6.57. The number of hydrogen-bond donors (Lipinski definition) is 0. The molecule has 0 saturated carbocycles. The molecule has 0 N–H and O–H groups in total. The van der Waals surface area contributed by atoms with Crippen LogP contribution in [0.3, 0.4) is 0 Å². The zero-order chi connectivity index (χ0) is 13.8. The first kappa shape index (κ1) is 14.7. The Bertz CT molecular complexity index is 445. The summed E-state index contributed by atoms with van der Waals surface area (Å²) in [6.45, 7) is 6.16. The summed E-state index contributed by atoms with van der Waals surface area (Å²) in [6, 6.07) is 3.59. The third kappa shape index (κ3) is 4.11. The minimum atomic E-state index is 0.185. The molecule has 3 nitrogen and oxygen atoms in total. The molecular formula is C14H19ClN2OS. The largest absolute Gasteiger partial charge is 0.341 e. The lowest BCUT2D eigenvalue weighted by Gasteiger charge is -2.35.